The Bertz CT molecular complexity index is 543. The van der Waals surface area contributed by atoms with Gasteiger partial charge in [-0.2, -0.15) is 0 Å². The SMILES string of the molecule is CNCc1cnc(Sc2ccccc2Cl)c(C)c1. The predicted molar refractivity (Wildman–Crippen MR) is 77.3 cm³/mol. The molecule has 0 atom stereocenters. The van der Waals surface area contributed by atoms with Crippen LogP contribution in [0.1, 0.15) is 11.1 Å². The van der Waals surface area contributed by atoms with Gasteiger partial charge in [0.1, 0.15) is 5.03 Å². The lowest BCUT2D eigenvalue weighted by Gasteiger charge is -2.08. The maximum absolute atomic E-state index is 6.15. The first-order valence-electron chi connectivity index (χ1n) is 5.73. The van der Waals surface area contributed by atoms with E-state index in [0.717, 1.165) is 21.5 Å². The van der Waals surface area contributed by atoms with E-state index in [1.54, 1.807) is 11.8 Å². The van der Waals surface area contributed by atoms with Gasteiger partial charge in [0.05, 0.1) is 5.02 Å². The molecule has 0 radical (unpaired) electrons. The normalized spacial score (nSPS) is 10.6. The van der Waals surface area contributed by atoms with Crippen molar-refractivity contribution in [1.29, 1.82) is 0 Å². The molecule has 1 N–H and O–H groups in total. The van der Waals surface area contributed by atoms with E-state index in [1.807, 2.05) is 37.5 Å². The first kappa shape index (κ1) is 13.4. The van der Waals surface area contributed by atoms with Gasteiger partial charge >= 0.3 is 0 Å². The monoisotopic (exact) mass is 278 g/mol. The summed E-state index contributed by atoms with van der Waals surface area (Å²) in [6, 6.07) is 9.98. The molecule has 0 saturated carbocycles. The van der Waals surface area contributed by atoms with E-state index in [2.05, 4.69) is 23.3 Å². The van der Waals surface area contributed by atoms with Crippen molar-refractivity contribution in [3.63, 3.8) is 0 Å². The second-order valence-electron chi connectivity index (χ2n) is 4.03. The Morgan fingerprint density at radius 1 is 1.33 bits per heavy atom. The summed E-state index contributed by atoms with van der Waals surface area (Å²) in [7, 11) is 1.93. The maximum atomic E-state index is 6.15. The maximum Gasteiger partial charge on any atom is 0.104 e. The van der Waals surface area contributed by atoms with Crippen molar-refractivity contribution >= 4 is 23.4 Å². The molecule has 0 unspecified atom stereocenters. The van der Waals surface area contributed by atoms with Crippen LogP contribution in [0.5, 0.6) is 0 Å². The van der Waals surface area contributed by atoms with E-state index in [0.29, 0.717) is 0 Å². The molecular weight excluding hydrogens is 264 g/mol. The molecule has 0 aliphatic heterocycles. The molecule has 1 aromatic heterocycles. The van der Waals surface area contributed by atoms with Crippen LogP contribution in [-0.2, 0) is 6.54 Å². The van der Waals surface area contributed by atoms with E-state index in [1.165, 1.54) is 11.1 Å². The zero-order valence-electron chi connectivity index (χ0n) is 10.4. The van der Waals surface area contributed by atoms with E-state index < -0.39 is 0 Å². The number of hydrogen-bond donors (Lipinski definition) is 1. The fraction of sp³-hybridized carbons (Fsp3) is 0.214. The third-order valence-electron chi connectivity index (χ3n) is 2.51. The highest BCUT2D eigenvalue weighted by atomic mass is 35.5. The summed E-state index contributed by atoms with van der Waals surface area (Å²) in [4.78, 5) is 5.54. The second kappa shape index (κ2) is 6.23. The Morgan fingerprint density at radius 2 is 2.11 bits per heavy atom. The second-order valence-corrected chi connectivity index (χ2v) is 5.47. The lowest BCUT2D eigenvalue weighted by molar-refractivity contribution is 0.807. The Balaban J connectivity index is 2.22. The van der Waals surface area contributed by atoms with Crippen LogP contribution in [0.4, 0.5) is 0 Å². The fourth-order valence-electron chi connectivity index (χ4n) is 1.66. The molecule has 2 aromatic rings. The van der Waals surface area contributed by atoms with E-state index in [4.69, 9.17) is 11.6 Å². The van der Waals surface area contributed by atoms with Crippen LogP contribution in [-0.4, -0.2) is 12.0 Å². The van der Waals surface area contributed by atoms with Crippen LogP contribution >= 0.6 is 23.4 Å². The van der Waals surface area contributed by atoms with Crippen LogP contribution in [0, 0.1) is 6.92 Å². The summed E-state index contributed by atoms with van der Waals surface area (Å²) in [6.07, 6.45) is 1.91. The van der Waals surface area contributed by atoms with Crippen LogP contribution in [0.25, 0.3) is 0 Å². The van der Waals surface area contributed by atoms with Gasteiger partial charge in [-0.15, -0.1) is 0 Å². The minimum Gasteiger partial charge on any atom is -0.316 e. The molecule has 0 amide bonds. The van der Waals surface area contributed by atoms with Gasteiger partial charge in [-0.25, -0.2) is 4.98 Å². The van der Waals surface area contributed by atoms with Crippen molar-refractivity contribution in [2.24, 2.45) is 0 Å². The Hall–Kier alpha value is -1.03. The number of nitrogens with zero attached hydrogens (tertiary/aromatic N) is 1. The Labute approximate surface area is 117 Å². The number of nitrogens with one attached hydrogen (secondary N) is 1. The van der Waals surface area contributed by atoms with E-state index in [-0.39, 0.29) is 0 Å². The average Bonchev–Trinajstić information content (AvgIpc) is 2.35. The van der Waals surface area contributed by atoms with Gasteiger partial charge in [-0.05, 0) is 37.2 Å². The summed E-state index contributed by atoms with van der Waals surface area (Å²) in [5.41, 5.74) is 2.37. The molecule has 1 aromatic carbocycles. The highest BCUT2D eigenvalue weighted by Crippen LogP contribution is 2.33. The largest absolute Gasteiger partial charge is 0.316 e. The molecule has 1 heterocycles. The lowest BCUT2D eigenvalue weighted by atomic mass is 10.2. The molecule has 2 rings (SSSR count). The van der Waals surface area contributed by atoms with Gasteiger partial charge in [0.25, 0.3) is 0 Å². The van der Waals surface area contributed by atoms with Crippen LogP contribution in [0.15, 0.2) is 46.5 Å². The Morgan fingerprint density at radius 3 is 2.78 bits per heavy atom. The first-order valence-corrected chi connectivity index (χ1v) is 6.92. The molecule has 0 aliphatic carbocycles. The van der Waals surface area contributed by atoms with Crippen LogP contribution in [0.2, 0.25) is 5.02 Å². The van der Waals surface area contributed by atoms with Crippen molar-refractivity contribution in [2.45, 2.75) is 23.4 Å². The number of rotatable bonds is 4. The molecule has 0 fully saturated rings. The van der Waals surface area contributed by atoms with E-state index >= 15 is 0 Å². The van der Waals surface area contributed by atoms with Gasteiger partial charge in [0.2, 0.25) is 0 Å². The molecule has 0 bridgehead atoms. The minimum atomic E-state index is 0.767. The molecule has 0 aliphatic rings. The highest BCUT2D eigenvalue weighted by Gasteiger charge is 2.06. The van der Waals surface area contributed by atoms with Gasteiger partial charge < -0.3 is 5.32 Å². The number of halogens is 1. The van der Waals surface area contributed by atoms with Gasteiger partial charge in [0, 0.05) is 17.6 Å². The van der Waals surface area contributed by atoms with Crippen LogP contribution in [0.3, 0.4) is 0 Å². The van der Waals surface area contributed by atoms with E-state index in [9.17, 15) is 0 Å². The number of benzene rings is 1. The van der Waals surface area contributed by atoms with Crippen molar-refractivity contribution in [3.05, 3.63) is 52.7 Å². The highest BCUT2D eigenvalue weighted by molar-refractivity contribution is 7.99. The third-order valence-corrected chi connectivity index (χ3v) is 4.15. The molecule has 4 heteroatoms. The van der Waals surface area contributed by atoms with Crippen molar-refractivity contribution in [1.82, 2.24) is 10.3 Å². The number of pyridine rings is 1. The van der Waals surface area contributed by atoms with Gasteiger partial charge in [-0.1, -0.05) is 41.6 Å². The zero-order chi connectivity index (χ0) is 13.0. The standard InChI is InChI=1S/C14H15ClN2S/c1-10-7-11(8-16-2)9-17-14(10)18-13-6-4-3-5-12(13)15/h3-7,9,16H,8H2,1-2H3. The number of aryl methyl sites for hydroxylation is 1. The van der Waals surface area contributed by atoms with Crippen molar-refractivity contribution < 1.29 is 0 Å². The summed E-state index contributed by atoms with van der Waals surface area (Å²) >= 11 is 7.75. The summed E-state index contributed by atoms with van der Waals surface area (Å²) < 4.78 is 0. The molecular formula is C14H15ClN2S. The number of hydrogen-bond acceptors (Lipinski definition) is 3. The summed E-state index contributed by atoms with van der Waals surface area (Å²) in [5.74, 6) is 0. The first-order chi connectivity index (χ1) is 8.70. The number of aromatic nitrogens is 1. The topological polar surface area (TPSA) is 24.9 Å². The summed E-state index contributed by atoms with van der Waals surface area (Å²) in [6.45, 7) is 2.91. The quantitative estimate of drug-likeness (QED) is 0.918. The van der Waals surface area contributed by atoms with Gasteiger partial charge in [-0.3, -0.25) is 0 Å². The third kappa shape index (κ3) is 3.25. The summed E-state index contributed by atoms with van der Waals surface area (Å²) in [5, 5.41) is 4.89. The van der Waals surface area contributed by atoms with Crippen molar-refractivity contribution in [3.8, 4) is 0 Å². The molecule has 94 valence electrons. The van der Waals surface area contributed by atoms with Gasteiger partial charge in [0.15, 0.2) is 0 Å². The minimum absolute atomic E-state index is 0.767. The Kier molecular flexibility index (Phi) is 4.64. The molecule has 2 nitrogen and oxygen atoms in total. The molecule has 0 spiro atoms. The average molecular weight is 279 g/mol. The fourth-order valence-corrected chi connectivity index (χ4v) is 2.76. The smallest absolute Gasteiger partial charge is 0.104 e. The predicted octanol–water partition coefficient (Wildman–Crippen LogP) is 3.91. The van der Waals surface area contributed by atoms with Crippen LogP contribution < -0.4 is 5.32 Å². The lowest BCUT2D eigenvalue weighted by Crippen LogP contribution is -2.05. The molecule has 18 heavy (non-hydrogen) atoms. The van der Waals surface area contributed by atoms with Crippen molar-refractivity contribution in [2.75, 3.05) is 7.05 Å². The zero-order valence-corrected chi connectivity index (χ0v) is 12.0. The molecule has 0 saturated heterocycles.